The fraction of sp³-hybridized carbons (Fsp3) is 0.321. The molecule has 180 valence electrons. The molecule has 3 nitrogen and oxygen atoms in total. The molecule has 0 radical (unpaired) electrons. The lowest BCUT2D eigenvalue weighted by molar-refractivity contribution is 0.209. The molecule has 0 atom stereocenters. The lowest BCUT2D eigenvalue weighted by Gasteiger charge is -2.27. The zero-order valence-corrected chi connectivity index (χ0v) is 21.6. The summed E-state index contributed by atoms with van der Waals surface area (Å²) in [7, 11) is 0. The highest BCUT2D eigenvalue weighted by Crippen LogP contribution is 2.33. The van der Waals surface area contributed by atoms with Crippen LogP contribution in [0.15, 0.2) is 60.7 Å². The predicted molar refractivity (Wildman–Crippen MR) is 141 cm³/mol. The van der Waals surface area contributed by atoms with Gasteiger partial charge in [-0.15, -0.1) is 0 Å². The number of anilines is 1. The molecule has 0 aliphatic carbocycles. The molecule has 0 bridgehead atoms. The molecule has 0 aliphatic heterocycles. The van der Waals surface area contributed by atoms with Crippen molar-refractivity contribution in [3.63, 3.8) is 0 Å². The highest BCUT2D eigenvalue weighted by atomic mass is 35.5. The van der Waals surface area contributed by atoms with Gasteiger partial charge < -0.3 is 10.2 Å². The van der Waals surface area contributed by atoms with Crippen molar-refractivity contribution in [1.82, 2.24) is 4.90 Å². The Kier molecular flexibility index (Phi) is 8.98. The molecule has 0 heterocycles. The van der Waals surface area contributed by atoms with Crippen molar-refractivity contribution in [2.75, 3.05) is 11.9 Å². The van der Waals surface area contributed by atoms with Crippen molar-refractivity contribution in [1.29, 1.82) is 0 Å². The Labute approximate surface area is 211 Å². The second kappa shape index (κ2) is 11.7. The van der Waals surface area contributed by atoms with Crippen LogP contribution in [0.1, 0.15) is 61.8 Å². The van der Waals surface area contributed by atoms with Crippen LogP contribution >= 0.6 is 23.2 Å². The minimum Gasteiger partial charge on any atom is -0.320 e. The third-order valence-electron chi connectivity index (χ3n) is 5.88. The zero-order valence-electron chi connectivity index (χ0n) is 20.0. The van der Waals surface area contributed by atoms with Crippen LogP contribution in [-0.2, 0) is 13.0 Å². The molecule has 3 rings (SSSR count). The van der Waals surface area contributed by atoms with Crippen LogP contribution in [-0.4, -0.2) is 17.5 Å². The fourth-order valence-corrected chi connectivity index (χ4v) is 4.45. The van der Waals surface area contributed by atoms with Crippen LogP contribution < -0.4 is 5.32 Å². The average molecular weight is 501 g/mol. The summed E-state index contributed by atoms with van der Waals surface area (Å²) in [4.78, 5) is 15.2. The molecule has 0 aromatic heterocycles. The zero-order chi connectivity index (χ0) is 24.8. The summed E-state index contributed by atoms with van der Waals surface area (Å²) in [5, 5.41) is 4.26. The topological polar surface area (TPSA) is 32.3 Å². The van der Waals surface area contributed by atoms with E-state index in [1.54, 1.807) is 35.2 Å². The summed E-state index contributed by atoms with van der Waals surface area (Å²) in [5.41, 5.74) is 4.32. The molecule has 3 aromatic rings. The minimum absolute atomic E-state index is 0.143. The van der Waals surface area contributed by atoms with Gasteiger partial charge in [0.25, 0.3) is 0 Å². The Balaban J connectivity index is 1.91. The first kappa shape index (κ1) is 26.1. The quantitative estimate of drug-likeness (QED) is 0.329. The molecule has 6 heteroatoms. The maximum absolute atomic E-state index is 14.5. The van der Waals surface area contributed by atoms with Gasteiger partial charge in [-0.1, -0.05) is 93.4 Å². The van der Waals surface area contributed by atoms with Gasteiger partial charge in [-0.05, 0) is 53.1 Å². The largest absolute Gasteiger partial charge is 0.322 e. The maximum Gasteiger partial charge on any atom is 0.322 e. The summed E-state index contributed by atoms with van der Waals surface area (Å²) in [6.07, 6.45) is 0.515. The summed E-state index contributed by atoms with van der Waals surface area (Å²) in [6.45, 7) is 8.93. The number of urea groups is 1. The predicted octanol–water partition coefficient (Wildman–Crippen LogP) is 8.66. The highest BCUT2D eigenvalue weighted by Gasteiger charge is 2.21. The minimum atomic E-state index is -0.338. The normalized spacial score (nSPS) is 11.2. The third kappa shape index (κ3) is 6.52. The van der Waals surface area contributed by atoms with Gasteiger partial charge in [-0.25, -0.2) is 9.18 Å². The smallest absolute Gasteiger partial charge is 0.320 e. The standard InChI is InChI=1S/C28H31Cl2FN2O/c1-18(2)23-9-7-10-24(19(3)4)27(23)32-28(34)33(17-21-8-5-6-11-26(21)31)15-14-20-12-13-22(29)16-25(20)30/h5-13,16,18-19H,14-15,17H2,1-4H3,(H,32,34). The van der Waals surface area contributed by atoms with Gasteiger partial charge in [-0.2, -0.15) is 0 Å². The summed E-state index contributed by atoms with van der Waals surface area (Å²) >= 11 is 12.4. The van der Waals surface area contributed by atoms with Crippen molar-refractivity contribution in [3.05, 3.63) is 98.8 Å². The number of nitrogens with zero attached hydrogens (tertiary/aromatic N) is 1. The van der Waals surface area contributed by atoms with E-state index in [0.717, 1.165) is 22.4 Å². The van der Waals surface area contributed by atoms with Crippen LogP contribution in [0.25, 0.3) is 0 Å². The van der Waals surface area contributed by atoms with E-state index >= 15 is 0 Å². The maximum atomic E-state index is 14.5. The lowest BCUT2D eigenvalue weighted by atomic mass is 9.93. The van der Waals surface area contributed by atoms with E-state index in [0.29, 0.717) is 28.6 Å². The first-order valence-electron chi connectivity index (χ1n) is 11.5. The Bertz CT molecular complexity index is 1120. The molecular formula is C28H31Cl2FN2O. The van der Waals surface area contributed by atoms with Crippen LogP contribution in [0, 0.1) is 5.82 Å². The first-order chi connectivity index (χ1) is 16.2. The van der Waals surface area contributed by atoms with E-state index in [2.05, 4.69) is 33.0 Å². The van der Waals surface area contributed by atoms with Gasteiger partial charge in [0, 0.05) is 27.8 Å². The van der Waals surface area contributed by atoms with E-state index in [1.807, 2.05) is 24.3 Å². The van der Waals surface area contributed by atoms with Gasteiger partial charge in [0.1, 0.15) is 5.82 Å². The Hall–Kier alpha value is -2.56. The molecule has 3 aromatic carbocycles. The summed E-state index contributed by atoms with van der Waals surface area (Å²) < 4.78 is 14.5. The lowest BCUT2D eigenvalue weighted by Crippen LogP contribution is -2.37. The van der Waals surface area contributed by atoms with Gasteiger partial charge in [0.15, 0.2) is 0 Å². The number of amides is 2. The monoisotopic (exact) mass is 500 g/mol. The van der Waals surface area contributed by atoms with Crippen molar-refractivity contribution >= 4 is 34.9 Å². The molecule has 0 fully saturated rings. The first-order valence-corrected chi connectivity index (χ1v) is 12.3. The third-order valence-corrected chi connectivity index (χ3v) is 6.46. The van der Waals surface area contributed by atoms with E-state index < -0.39 is 0 Å². The van der Waals surface area contributed by atoms with Crippen molar-refractivity contribution < 1.29 is 9.18 Å². The number of nitrogens with one attached hydrogen (secondary N) is 1. The second-order valence-corrected chi connectivity index (χ2v) is 9.89. The Morgan fingerprint density at radius 1 is 0.912 bits per heavy atom. The van der Waals surface area contributed by atoms with Gasteiger partial charge in [0.2, 0.25) is 0 Å². The Morgan fingerprint density at radius 3 is 2.15 bits per heavy atom. The fourth-order valence-electron chi connectivity index (χ4n) is 3.95. The van der Waals surface area contributed by atoms with E-state index in [4.69, 9.17) is 23.2 Å². The number of carbonyl (C=O) groups is 1. The molecule has 34 heavy (non-hydrogen) atoms. The van der Waals surface area contributed by atoms with Crippen LogP contribution in [0.4, 0.5) is 14.9 Å². The van der Waals surface area contributed by atoms with Crippen LogP contribution in [0.2, 0.25) is 10.0 Å². The summed E-state index contributed by atoms with van der Waals surface area (Å²) in [5.74, 6) is 0.138. The average Bonchev–Trinajstić information content (AvgIpc) is 2.78. The van der Waals surface area contributed by atoms with Crippen LogP contribution in [0.3, 0.4) is 0 Å². The SMILES string of the molecule is CC(C)c1cccc(C(C)C)c1NC(=O)N(CCc1ccc(Cl)cc1Cl)Cc1ccccc1F. The van der Waals surface area contributed by atoms with Gasteiger partial charge >= 0.3 is 6.03 Å². The molecule has 0 aliphatic rings. The molecule has 0 spiro atoms. The van der Waals surface area contributed by atoms with Gasteiger partial charge in [-0.3, -0.25) is 0 Å². The number of benzene rings is 3. The number of carbonyl (C=O) groups excluding carboxylic acids is 1. The van der Waals surface area contributed by atoms with E-state index in [-0.39, 0.29) is 30.2 Å². The number of halogens is 3. The molecule has 2 amide bonds. The summed E-state index contributed by atoms with van der Waals surface area (Å²) in [6, 6.07) is 17.7. The van der Waals surface area contributed by atoms with Gasteiger partial charge in [0.05, 0.1) is 6.54 Å². The van der Waals surface area contributed by atoms with E-state index in [9.17, 15) is 9.18 Å². The molecule has 1 N–H and O–H groups in total. The van der Waals surface area contributed by atoms with E-state index in [1.165, 1.54) is 6.07 Å². The second-order valence-electron chi connectivity index (χ2n) is 9.05. The van der Waals surface area contributed by atoms with Crippen LogP contribution in [0.5, 0.6) is 0 Å². The molecule has 0 saturated heterocycles. The van der Waals surface area contributed by atoms with Crippen molar-refractivity contribution in [2.45, 2.75) is 52.5 Å². The highest BCUT2D eigenvalue weighted by molar-refractivity contribution is 6.35. The number of hydrogen-bond donors (Lipinski definition) is 1. The number of rotatable bonds is 8. The Morgan fingerprint density at radius 2 is 1.56 bits per heavy atom. The number of para-hydroxylation sites is 1. The van der Waals surface area contributed by atoms with Crippen molar-refractivity contribution in [3.8, 4) is 0 Å². The molecule has 0 saturated carbocycles. The van der Waals surface area contributed by atoms with Crippen molar-refractivity contribution in [2.24, 2.45) is 0 Å². The molecular weight excluding hydrogens is 470 g/mol. The molecule has 0 unspecified atom stereocenters. The number of hydrogen-bond acceptors (Lipinski definition) is 1.